The lowest BCUT2D eigenvalue weighted by Gasteiger charge is -2.14. The van der Waals surface area contributed by atoms with Gasteiger partial charge in [0.2, 0.25) is 0 Å². The van der Waals surface area contributed by atoms with Crippen molar-refractivity contribution in [3.8, 4) is 11.8 Å². The Kier molecular flexibility index (Phi) is 8.17. The average molecular weight is 355 g/mol. The molecular formula is C21H25NO4. The number of benzene rings is 1. The molecule has 0 atom stereocenters. The summed E-state index contributed by atoms with van der Waals surface area (Å²) in [4.78, 5) is 11.3. The van der Waals surface area contributed by atoms with E-state index < -0.39 is 5.97 Å². The molecule has 0 aliphatic heterocycles. The molecule has 0 amide bonds. The predicted octanol–water partition coefficient (Wildman–Crippen LogP) is 4.79. The number of allylic oxidation sites excluding steroid dienone is 3. The lowest BCUT2D eigenvalue weighted by atomic mass is 9.95. The van der Waals surface area contributed by atoms with E-state index in [2.05, 4.69) is 19.6 Å². The summed E-state index contributed by atoms with van der Waals surface area (Å²) < 4.78 is 5.70. The molecule has 1 aromatic carbocycles. The van der Waals surface area contributed by atoms with Gasteiger partial charge in [0.25, 0.3) is 0 Å². The molecule has 1 aromatic rings. The minimum absolute atomic E-state index is 0.260. The van der Waals surface area contributed by atoms with Gasteiger partial charge in [0.1, 0.15) is 17.1 Å². The second-order valence-electron chi connectivity index (χ2n) is 5.71. The van der Waals surface area contributed by atoms with Crippen LogP contribution in [0.1, 0.15) is 50.3 Å². The van der Waals surface area contributed by atoms with Gasteiger partial charge in [-0.05, 0) is 62.1 Å². The summed E-state index contributed by atoms with van der Waals surface area (Å²) in [6.07, 6.45) is 5.26. The molecule has 0 fully saturated rings. The van der Waals surface area contributed by atoms with Crippen molar-refractivity contribution in [1.82, 2.24) is 0 Å². The van der Waals surface area contributed by atoms with E-state index in [0.29, 0.717) is 29.1 Å². The lowest BCUT2D eigenvalue weighted by Crippen LogP contribution is -2.04. The highest BCUT2D eigenvalue weighted by atomic mass is 16.5. The lowest BCUT2D eigenvalue weighted by molar-refractivity contribution is -0.132. The number of aliphatic hydroxyl groups is 1. The Morgan fingerprint density at radius 1 is 1.35 bits per heavy atom. The highest BCUT2D eigenvalue weighted by Gasteiger charge is 2.16. The molecule has 0 unspecified atom stereocenters. The molecular weight excluding hydrogens is 330 g/mol. The maximum atomic E-state index is 11.3. The summed E-state index contributed by atoms with van der Waals surface area (Å²) in [5.74, 6) is -0.993. The van der Waals surface area contributed by atoms with Gasteiger partial charge in [0.15, 0.2) is 0 Å². The van der Waals surface area contributed by atoms with Gasteiger partial charge in [-0.2, -0.15) is 5.26 Å². The van der Waals surface area contributed by atoms with Crippen LogP contribution in [0.15, 0.2) is 42.2 Å². The van der Waals surface area contributed by atoms with Crippen molar-refractivity contribution in [2.75, 3.05) is 6.61 Å². The largest absolute Gasteiger partial charge is 0.507 e. The van der Waals surface area contributed by atoms with Crippen molar-refractivity contribution in [2.45, 2.75) is 40.0 Å². The number of aliphatic carboxylic acids is 1. The van der Waals surface area contributed by atoms with Crippen LogP contribution in [0.3, 0.4) is 0 Å². The highest BCUT2D eigenvalue weighted by Crippen LogP contribution is 2.30. The Morgan fingerprint density at radius 3 is 2.54 bits per heavy atom. The zero-order chi connectivity index (χ0) is 19.7. The van der Waals surface area contributed by atoms with Crippen LogP contribution in [0.5, 0.6) is 5.75 Å². The molecule has 1 rings (SSSR count). The number of rotatable bonds is 9. The summed E-state index contributed by atoms with van der Waals surface area (Å²) in [5, 5.41) is 28.5. The molecule has 0 aliphatic carbocycles. The topological polar surface area (TPSA) is 90.5 Å². The second kappa shape index (κ2) is 10.1. The number of unbranched alkanes of at least 4 members (excludes halogenated alkanes) is 1. The fourth-order valence-corrected chi connectivity index (χ4v) is 2.48. The number of carboxylic acid groups (broad SMARTS) is 1. The molecule has 26 heavy (non-hydrogen) atoms. The van der Waals surface area contributed by atoms with Crippen LogP contribution in [0, 0.1) is 11.3 Å². The Balaban J connectivity index is 3.44. The van der Waals surface area contributed by atoms with Crippen LogP contribution in [-0.2, 0) is 11.2 Å². The first-order valence-electron chi connectivity index (χ1n) is 8.59. The first kappa shape index (κ1) is 21.0. The molecule has 2 N–H and O–H groups in total. The average Bonchev–Trinajstić information content (AvgIpc) is 2.63. The molecule has 0 spiro atoms. The van der Waals surface area contributed by atoms with Crippen LogP contribution in [0.25, 0.3) is 5.57 Å². The molecule has 0 saturated carbocycles. The minimum Gasteiger partial charge on any atom is -0.507 e. The standard InChI is InChI=1S/C21H25NO4/c1-5-8-9-17-16(13-22)11-15(12-20(17)26-7-3)14(4)10-18(21(24)25)19(23)6-2/h6,10-12,23H,4-5,7-9H2,1-3H3,(H,24,25)/b18-10+,19-6+. The van der Waals surface area contributed by atoms with Crippen LogP contribution >= 0.6 is 0 Å². The maximum absolute atomic E-state index is 11.3. The fourth-order valence-electron chi connectivity index (χ4n) is 2.48. The highest BCUT2D eigenvalue weighted by molar-refractivity contribution is 5.94. The number of carboxylic acids is 1. The van der Waals surface area contributed by atoms with Gasteiger partial charge >= 0.3 is 5.97 Å². The van der Waals surface area contributed by atoms with Crippen molar-refractivity contribution in [1.29, 1.82) is 5.26 Å². The molecule has 0 bridgehead atoms. The normalized spacial score (nSPS) is 11.8. The van der Waals surface area contributed by atoms with Crippen LogP contribution in [-0.4, -0.2) is 22.8 Å². The second-order valence-corrected chi connectivity index (χ2v) is 5.71. The van der Waals surface area contributed by atoms with E-state index in [0.717, 1.165) is 24.8 Å². The molecule has 5 nitrogen and oxygen atoms in total. The summed E-state index contributed by atoms with van der Waals surface area (Å²) in [5.41, 5.74) is 2.03. The van der Waals surface area contributed by atoms with Gasteiger partial charge in [0.05, 0.1) is 18.2 Å². The fraction of sp³-hybridized carbons (Fsp3) is 0.333. The molecule has 0 aliphatic rings. The number of aliphatic hydroxyl groups excluding tert-OH is 1. The maximum Gasteiger partial charge on any atom is 0.339 e. The Bertz CT molecular complexity index is 782. The summed E-state index contributed by atoms with van der Waals surface area (Å²) >= 11 is 0. The quantitative estimate of drug-likeness (QED) is 0.378. The van der Waals surface area contributed by atoms with Crippen LogP contribution in [0.2, 0.25) is 0 Å². The van der Waals surface area contributed by atoms with Gasteiger partial charge < -0.3 is 14.9 Å². The smallest absolute Gasteiger partial charge is 0.339 e. The number of hydrogen-bond acceptors (Lipinski definition) is 4. The van der Waals surface area contributed by atoms with Gasteiger partial charge in [-0.1, -0.05) is 19.9 Å². The minimum atomic E-state index is -1.26. The van der Waals surface area contributed by atoms with E-state index in [1.807, 2.05) is 6.92 Å². The zero-order valence-corrected chi connectivity index (χ0v) is 15.5. The Hall–Kier alpha value is -3.00. The van der Waals surface area contributed by atoms with E-state index >= 15 is 0 Å². The zero-order valence-electron chi connectivity index (χ0n) is 15.5. The van der Waals surface area contributed by atoms with Crippen LogP contribution in [0.4, 0.5) is 0 Å². The molecule has 0 aromatic heterocycles. The number of ether oxygens (including phenoxy) is 1. The summed E-state index contributed by atoms with van der Waals surface area (Å²) in [6.45, 7) is 9.83. The van der Waals surface area contributed by atoms with Gasteiger partial charge in [0, 0.05) is 5.56 Å². The van der Waals surface area contributed by atoms with E-state index in [1.54, 1.807) is 19.1 Å². The van der Waals surface area contributed by atoms with Gasteiger partial charge in [-0.3, -0.25) is 0 Å². The van der Waals surface area contributed by atoms with Gasteiger partial charge in [-0.25, -0.2) is 4.79 Å². The molecule has 0 heterocycles. The number of hydrogen-bond donors (Lipinski definition) is 2. The number of nitrogens with zero attached hydrogens (tertiary/aromatic N) is 1. The van der Waals surface area contributed by atoms with E-state index in [1.165, 1.54) is 12.2 Å². The van der Waals surface area contributed by atoms with Crippen molar-refractivity contribution in [3.63, 3.8) is 0 Å². The first-order chi connectivity index (χ1) is 12.4. The molecule has 5 heteroatoms. The predicted molar refractivity (Wildman–Crippen MR) is 102 cm³/mol. The number of nitriles is 1. The van der Waals surface area contributed by atoms with E-state index in [4.69, 9.17) is 4.74 Å². The third kappa shape index (κ3) is 5.25. The first-order valence-corrected chi connectivity index (χ1v) is 8.59. The summed E-state index contributed by atoms with van der Waals surface area (Å²) in [7, 11) is 0. The third-order valence-corrected chi connectivity index (χ3v) is 3.88. The Morgan fingerprint density at radius 2 is 2.04 bits per heavy atom. The van der Waals surface area contributed by atoms with Crippen LogP contribution < -0.4 is 4.74 Å². The van der Waals surface area contributed by atoms with E-state index in [9.17, 15) is 20.3 Å². The molecule has 0 saturated heterocycles. The SMILES string of the molecule is C=C(/C=C(C(=O)O)\C(O)=C/C)c1cc(C#N)c(CCCC)c(OCC)c1. The van der Waals surface area contributed by atoms with Gasteiger partial charge in [-0.15, -0.1) is 0 Å². The monoisotopic (exact) mass is 355 g/mol. The Labute approximate surface area is 154 Å². The van der Waals surface area contributed by atoms with Crippen molar-refractivity contribution in [2.24, 2.45) is 0 Å². The molecule has 138 valence electrons. The van der Waals surface area contributed by atoms with Crippen molar-refractivity contribution < 1.29 is 19.7 Å². The number of carbonyl (C=O) groups is 1. The van der Waals surface area contributed by atoms with Crippen molar-refractivity contribution >= 4 is 11.5 Å². The van der Waals surface area contributed by atoms with E-state index in [-0.39, 0.29) is 11.3 Å². The molecule has 0 radical (unpaired) electrons. The third-order valence-electron chi connectivity index (χ3n) is 3.88. The summed E-state index contributed by atoms with van der Waals surface area (Å²) in [6, 6.07) is 5.63. The van der Waals surface area contributed by atoms with Crippen molar-refractivity contribution in [3.05, 3.63) is 58.9 Å².